The number of hydrogen-bond donors (Lipinski definition) is 2. The van der Waals surface area contributed by atoms with Crippen molar-refractivity contribution in [2.24, 2.45) is 11.7 Å². The fourth-order valence-corrected chi connectivity index (χ4v) is 3.56. The molecule has 1 saturated heterocycles. The molecule has 180 valence electrons. The Morgan fingerprint density at radius 3 is 2.39 bits per heavy atom. The first-order valence-corrected chi connectivity index (χ1v) is 11.1. The van der Waals surface area contributed by atoms with E-state index in [1.165, 1.54) is 13.2 Å². The second kappa shape index (κ2) is 12.5. The minimum Gasteiger partial charge on any atom is -0.494 e. The molecule has 33 heavy (non-hydrogen) atoms. The standard InChI is InChI=1S/C23H28FN3O4.C2H6/c1-23(30-14-19(26)15-31-23)18(13-28)12-27(20-6-3-16(10-25)4-7-20)11-17-5-8-22(29-2)21(24)9-17;1-2/h3-9,18-19,28H,11-15,26H2,1-2H3;1-2H3/t18-,19?,23?;/m0./s1. The highest BCUT2D eigenvalue weighted by Crippen LogP contribution is 2.30. The van der Waals surface area contributed by atoms with Crippen molar-refractivity contribution in [3.63, 3.8) is 0 Å². The second-order valence-corrected chi connectivity index (χ2v) is 7.79. The first-order valence-electron chi connectivity index (χ1n) is 11.1. The lowest BCUT2D eigenvalue weighted by Crippen LogP contribution is -2.55. The van der Waals surface area contributed by atoms with E-state index in [-0.39, 0.29) is 18.4 Å². The molecule has 2 aromatic carbocycles. The van der Waals surface area contributed by atoms with Gasteiger partial charge in [0, 0.05) is 18.8 Å². The smallest absolute Gasteiger partial charge is 0.172 e. The molecule has 3 rings (SSSR count). The van der Waals surface area contributed by atoms with Gasteiger partial charge in [-0.2, -0.15) is 5.26 Å². The number of benzene rings is 2. The van der Waals surface area contributed by atoms with Crippen molar-refractivity contribution < 1.29 is 23.7 Å². The Hall–Kier alpha value is -2.70. The van der Waals surface area contributed by atoms with Crippen LogP contribution in [0.5, 0.6) is 5.75 Å². The quantitative estimate of drug-likeness (QED) is 0.624. The molecule has 0 aliphatic carbocycles. The number of hydrogen-bond acceptors (Lipinski definition) is 7. The average molecular weight is 460 g/mol. The number of aliphatic hydroxyl groups excluding tert-OH is 1. The van der Waals surface area contributed by atoms with Crippen LogP contribution >= 0.6 is 0 Å². The molecule has 2 aromatic rings. The largest absolute Gasteiger partial charge is 0.494 e. The summed E-state index contributed by atoms with van der Waals surface area (Å²) >= 11 is 0. The van der Waals surface area contributed by atoms with Crippen molar-refractivity contribution in [1.29, 1.82) is 5.26 Å². The zero-order valence-electron chi connectivity index (χ0n) is 19.8. The first-order chi connectivity index (χ1) is 15.9. The molecule has 0 radical (unpaired) electrons. The summed E-state index contributed by atoms with van der Waals surface area (Å²) in [5.74, 6) is -1.66. The molecule has 0 aromatic heterocycles. The lowest BCUT2D eigenvalue weighted by Gasteiger charge is -2.43. The molecule has 0 spiro atoms. The number of nitrogens with zero attached hydrogens (tertiary/aromatic N) is 2. The summed E-state index contributed by atoms with van der Waals surface area (Å²) in [4.78, 5) is 2.00. The highest BCUT2D eigenvalue weighted by molar-refractivity contribution is 5.50. The third kappa shape index (κ3) is 6.89. The fraction of sp³-hybridized carbons (Fsp3) is 0.480. The molecule has 3 N–H and O–H groups in total. The molecule has 0 unspecified atom stereocenters. The summed E-state index contributed by atoms with van der Waals surface area (Å²) in [6, 6.07) is 13.8. The van der Waals surface area contributed by atoms with Crippen LogP contribution in [0.25, 0.3) is 0 Å². The predicted molar refractivity (Wildman–Crippen MR) is 125 cm³/mol. The summed E-state index contributed by atoms with van der Waals surface area (Å²) in [6.07, 6.45) is 0. The van der Waals surface area contributed by atoms with Crippen LogP contribution in [0.3, 0.4) is 0 Å². The summed E-state index contributed by atoms with van der Waals surface area (Å²) in [5, 5.41) is 19.2. The van der Waals surface area contributed by atoms with Gasteiger partial charge in [0.2, 0.25) is 0 Å². The Morgan fingerprint density at radius 1 is 1.24 bits per heavy atom. The average Bonchev–Trinajstić information content (AvgIpc) is 2.85. The second-order valence-electron chi connectivity index (χ2n) is 7.79. The van der Waals surface area contributed by atoms with E-state index in [9.17, 15) is 9.50 Å². The monoisotopic (exact) mass is 459 g/mol. The third-order valence-corrected chi connectivity index (χ3v) is 5.52. The maximum atomic E-state index is 14.2. The molecule has 0 bridgehead atoms. The molecule has 0 saturated carbocycles. The van der Waals surface area contributed by atoms with Gasteiger partial charge in [-0.3, -0.25) is 0 Å². The molecular formula is C25H34FN3O4. The van der Waals surface area contributed by atoms with Crippen LogP contribution in [-0.2, 0) is 16.0 Å². The molecule has 7 nitrogen and oxygen atoms in total. The van der Waals surface area contributed by atoms with Crippen LogP contribution in [0.2, 0.25) is 0 Å². The molecule has 0 amide bonds. The van der Waals surface area contributed by atoms with E-state index in [0.29, 0.717) is 31.9 Å². The Labute approximate surface area is 195 Å². The van der Waals surface area contributed by atoms with Gasteiger partial charge in [0.1, 0.15) is 0 Å². The van der Waals surface area contributed by atoms with Gasteiger partial charge in [-0.25, -0.2) is 4.39 Å². The molecule has 1 aliphatic rings. The molecule has 1 fully saturated rings. The fourth-order valence-electron chi connectivity index (χ4n) is 3.56. The maximum Gasteiger partial charge on any atom is 0.172 e. The van der Waals surface area contributed by atoms with Crippen LogP contribution in [0.1, 0.15) is 31.9 Å². The number of methoxy groups -OCH3 is 1. The van der Waals surface area contributed by atoms with E-state index in [4.69, 9.17) is 25.2 Å². The van der Waals surface area contributed by atoms with Gasteiger partial charge in [0.05, 0.1) is 50.5 Å². The van der Waals surface area contributed by atoms with Gasteiger partial charge in [0.15, 0.2) is 17.4 Å². The van der Waals surface area contributed by atoms with Crippen molar-refractivity contribution in [1.82, 2.24) is 0 Å². The predicted octanol–water partition coefficient (Wildman–Crippen LogP) is 3.44. The van der Waals surface area contributed by atoms with Crippen molar-refractivity contribution in [2.75, 3.05) is 38.4 Å². The van der Waals surface area contributed by atoms with Gasteiger partial charge >= 0.3 is 0 Å². The van der Waals surface area contributed by atoms with E-state index in [1.807, 2.05) is 30.9 Å². The number of rotatable bonds is 8. The number of nitrogens with two attached hydrogens (primary N) is 1. The van der Waals surface area contributed by atoms with Crippen molar-refractivity contribution >= 4 is 5.69 Å². The van der Waals surface area contributed by atoms with Gasteiger partial charge in [-0.05, 0) is 48.9 Å². The summed E-state index contributed by atoms with van der Waals surface area (Å²) in [6.45, 7) is 7.06. The normalized spacial score (nSPS) is 20.7. The third-order valence-electron chi connectivity index (χ3n) is 5.52. The zero-order chi connectivity index (χ0) is 24.4. The van der Waals surface area contributed by atoms with E-state index < -0.39 is 17.5 Å². The van der Waals surface area contributed by atoms with E-state index in [0.717, 1.165) is 11.3 Å². The van der Waals surface area contributed by atoms with Crippen LogP contribution in [0, 0.1) is 23.1 Å². The van der Waals surface area contributed by atoms with E-state index in [2.05, 4.69) is 6.07 Å². The number of ether oxygens (including phenoxy) is 3. The Morgan fingerprint density at radius 2 is 1.88 bits per heavy atom. The summed E-state index contributed by atoms with van der Waals surface area (Å²) in [5.41, 5.74) is 7.96. The Kier molecular flexibility index (Phi) is 10.1. The summed E-state index contributed by atoms with van der Waals surface area (Å²) < 4.78 is 31.0. The zero-order valence-corrected chi connectivity index (χ0v) is 19.8. The Balaban J connectivity index is 0.00000187. The van der Waals surface area contributed by atoms with Crippen molar-refractivity contribution in [3.8, 4) is 11.8 Å². The first kappa shape index (κ1) is 26.6. The molecule has 8 heteroatoms. The van der Waals surface area contributed by atoms with Crippen molar-refractivity contribution in [3.05, 3.63) is 59.4 Å². The van der Waals surface area contributed by atoms with Gasteiger partial charge < -0.3 is 30.0 Å². The van der Waals surface area contributed by atoms with Crippen LogP contribution in [0.4, 0.5) is 10.1 Å². The lowest BCUT2D eigenvalue weighted by atomic mass is 9.98. The number of aliphatic hydroxyl groups is 1. The van der Waals surface area contributed by atoms with Crippen LogP contribution in [0.15, 0.2) is 42.5 Å². The number of nitriles is 1. The number of anilines is 1. The maximum absolute atomic E-state index is 14.2. The van der Waals surface area contributed by atoms with Gasteiger partial charge in [-0.1, -0.05) is 19.9 Å². The molecule has 1 aliphatic heterocycles. The lowest BCUT2D eigenvalue weighted by molar-refractivity contribution is -0.290. The number of halogens is 1. The SMILES string of the molecule is CC.COc1ccc(CN(C[C@@H](CO)C2(C)OCC(N)CO2)c2ccc(C#N)cc2)cc1F. The van der Waals surface area contributed by atoms with Crippen LogP contribution in [-0.4, -0.2) is 50.4 Å². The highest BCUT2D eigenvalue weighted by atomic mass is 19.1. The summed E-state index contributed by atoms with van der Waals surface area (Å²) in [7, 11) is 1.42. The minimum absolute atomic E-state index is 0.171. The molecule has 1 atom stereocenters. The van der Waals surface area contributed by atoms with Gasteiger partial charge in [-0.15, -0.1) is 0 Å². The minimum atomic E-state index is -0.999. The van der Waals surface area contributed by atoms with E-state index >= 15 is 0 Å². The van der Waals surface area contributed by atoms with Gasteiger partial charge in [0.25, 0.3) is 0 Å². The molecule has 1 heterocycles. The molecular weight excluding hydrogens is 425 g/mol. The van der Waals surface area contributed by atoms with Crippen LogP contribution < -0.4 is 15.4 Å². The van der Waals surface area contributed by atoms with Crippen molar-refractivity contribution in [2.45, 2.75) is 39.1 Å². The highest BCUT2D eigenvalue weighted by Gasteiger charge is 2.40. The topological polar surface area (TPSA) is 101 Å². The van der Waals surface area contributed by atoms with E-state index in [1.54, 1.807) is 31.2 Å². The Bertz CT molecular complexity index is 909.